The van der Waals surface area contributed by atoms with Gasteiger partial charge in [-0.2, -0.15) is 10.2 Å². The number of benzene rings is 2. The molecule has 18 heteroatoms. The zero-order valence-electron chi connectivity index (χ0n) is 42.5. The third-order valence-corrected chi connectivity index (χ3v) is 12.3. The van der Waals surface area contributed by atoms with E-state index >= 15 is 4.39 Å². The average Bonchev–Trinajstić information content (AvgIpc) is 3.95. The van der Waals surface area contributed by atoms with Crippen molar-refractivity contribution >= 4 is 27.8 Å². The summed E-state index contributed by atoms with van der Waals surface area (Å²) >= 11 is 0. The second-order valence-corrected chi connectivity index (χ2v) is 17.4. The van der Waals surface area contributed by atoms with Gasteiger partial charge in [0.1, 0.15) is 23.0 Å². The highest BCUT2D eigenvalue weighted by atomic mass is 19.1. The van der Waals surface area contributed by atoms with Crippen LogP contribution >= 0.6 is 0 Å². The number of aromatic nitrogens is 10. The van der Waals surface area contributed by atoms with Crippen LogP contribution in [0.5, 0.6) is 0 Å². The van der Waals surface area contributed by atoms with E-state index in [1.807, 2.05) is 53.7 Å². The van der Waals surface area contributed by atoms with Gasteiger partial charge >= 0.3 is 11.4 Å². The zero-order valence-corrected chi connectivity index (χ0v) is 42.5. The molecule has 2 aliphatic heterocycles. The Morgan fingerprint density at radius 2 is 1.61 bits per heavy atom. The number of carbonyl (C=O) groups excluding carboxylic acids is 1. The number of imidazole rings is 1. The summed E-state index contributed by atoms with van der Waals surface area (Å²) in [5.74, 6) is 0.626. The first-order chi connectivity index (χ1) is 33.7. The summed E-state index contributed by atoms with van der Waals surface area (Å²) in [6, 6.07) is 12.1. The van der Waals surface area contributed by atoms with E-state index in [0.717, 1.165) is 18.4 Å². The van der Waals surface area contributed by atoms with Crippen LogP contribution in [0.4, 0.5) is 8.78 Å². The lowest BCUT2D eigenvalue weighted by Crippen LogP contribution is -2.36. The molecule has 0 bridgehead atoms. The monoisotopic (exact) mass is 964 g/mol. The van der Waals surface area contributed by atoms with Crippen molar-refractivity contribution < 1.29 is 22.8 Å². The summed E-state index contributed by atoms with van der Waals surface area (Å²) in [5, 5.41) is 13.7. The van der Waals surface area contributed by atoms with E-state index in [1.165, 1.54) is 40.8 Å². The number of aryl methyl sites for hydroxylation is 3. The molecular formula is C52H67F2N11O5. The molecule has 374 valence electrons. The van der Waals surface area contributed by atoms with Crippen LogP contribution in [-0.4, -0.2) is 78.4 Å². The van der Waals surface area contributed by atoms with E-state index in [-0.39, 0.29) is 29.6 Å². The fourth-order valence-corrected chi connectivity index (χ4v) is 8.52. The molecule has 2 atom stereocenters. The van der Waals surface area contributed by atoms with Crippen LogP contribution < -0.4 is 11.4 Å². The van der Waals surface area contributed by atoms with Gasteiger partial charge in [-0.15, -0.1) is 0 Å². The predicted octanol–water partition coefficient (Wildman–Crippen LogP) is 10.2. The topological polar surface area (TPSA) is 180 Å². The normalized spacial score (nSPS) is 16.5. The minimum absolute atomic E-state index is 0.0712. The molecule has 1 saturated heterocycles. The number of H-pyrrole nitrogens is 2. The summed E-state index contributed by atoms with van der Waals surface area (Å²) in [4.78, 5) is 49.9. The number of pyridine rings is 1. The Morgan fingerprint density at radius 3 is 2.21 bits per heavy atom. The van der Waals surface area contributed by atoms with Gasteiger partial charge in [0.25, 0.3) is 5.91 Å². The molecule has 2 N–H and O–H groups in total. The van der Waals surface area contributed by atoms with Gasteiger partial charge in [-0.05, 0) is 113 Å². The first-order valence-electron chi connectivity index (χ1n) is 24.4. The predicted molar refractivity (Wildman–Crippen MR) is 268 cm³/mol. The smallest absolute Gasteiger partial charge is 0.376 e. The van der Waals surface area contributed by atoms with Crippen molar-refractivity contribution in [2.45, 2.75) is 126 Å². The van der Waals surface area contributed by atoms with Crippen LogP contribution in [-0.2, 0) is 24.8 Å². The lowest BCUT2D eigenvalue weighted by Gasteiger charge is -2.29. The van der Waals surface area contributed by atoms with Gasteiger partial charge in [0, 0.05) is 62.1 Å². The molecule has 1 aliphatic carbocycles. The van der Waals surface area contributed by atoms with Crippen molar-refractivity contribution in [1.82, 2.24) is 53.7 Å². The fraction of sp³-hybridized carbons (Fsp3) is 0.442. The molecule has 8 aromatic rings. The van der Waals surface area contributed by atoms with E-state index in [1.54, 1.807) is 77.9 Å². The van der Waals surface area contributed by atoms with Crippen molar-refractivity contribution in [3.05, 3.63) is 134 Å². The maximum atomic E-state index is 15.7. The minimum Gasteiger partial charge on any atom is -0.376 e. The van der Waals surface area contributed by atoms with Crippen LogP contribution in [0.15, 0.2) is 81.4 Å². The number of fused-ring (bicyclic) bond motifs is 3. The summed E-state index contributed by atoms with van der Waals surface area (Å²) in [6.07, 6.45) is 11.5. The Morgan fingerprint density at radius 1 is 0.914 bits per heavy atom. The van der Waals surface area contributed by atoms with Crippen molar-refractivity contribution in [2.24, 2.45) is 13.0 Å². The Bertz CT molecular complexity index is 3100. The molecule has 70 heavy (non-hydrogen) atoms. The highest BCUT2D eigenvalue weighted by molar-refractivity contribution is 5.97. The number of nitrogens with one attached hydrogen (secondary N) is 2. The van der Waals surface area contributed by atoms with Crippen LogP contribution in [0.1, 0.15) is 133 Å². The average molecular weight is 964 g/mol. The van der Waals surface area contributed by atoms with Gasteiger partial charge in [-0.3, -0.25) is 28.1 Å². The van der Waals surface area contributed by atoms with Gasteiger partial charge in [0.2, 0.25) is 0 Å². The van der Waals surface area contributed by atoms with E-state index in [4.69, 9.17) is 9.84 Å². The number of hydrogen-bond donors (Lipinski definition) is 2. The van der Waals surface area contributed by atoms with Gasteiger partial charge in [0.05, 0.1) is 46.3 Å². The second-order valence-electron chi connectivity index (χ2n) is 17.4. The quantitative estimate of drug-likeness (QED) is 0.170. The minimum atomic E-state index is -0.574. The Hall–Kier alpha value is -6.95. The van der Waals surface area contributed by atoms with E-state index in [2.05, 4.69) is 50.5 Å². The molecule has 16 nitrogen and oxygen atoms in total. The molecule has 1 amide bonds. The maximum absolute atomic E-state index is 15.7. The SMILES string of the molecule is CC.CC.CC.CC1(C)CCCCO1.CC1CC1c1noc(=O)[nH]1.Cc1cc(-n2nc3c(c2-n2ccn(-c4ccc5c(cnn5C)c4F)c2=O)CN(C(=O)c2cc4cccnc4[nH]2)CC3)cc(C)c1F. The molecule has 6 aromatic heterocycles. The summed E-state index contributed by atoms with van der Waals surface area (Å²) in [5.41, 5.74) is 4.11. The van der Waals surface area contributed by atoms with E-state index < -0.39 is 17.3 Å². The molecule has 0 radical (unpaired) electrons. The van der Waals surface area contributed by atoms with Crippen molar-refractivity contribution in [3.8, 4) is 17.2 Å². The third-order valence-electron chi connectivity index (χ3n) is 12.3. The molecule has 8 heterocycles. The van der Waals surface area contributed by atoms with Gasteiger partial charge < -0.3 is 14.6 Å². The fourth-order valence-electron chi connectivity index (χ4n) is 8.52. The third kappa shape index (κ3) is 11.1. The number of hydrogen-bond acceptors (Lipinski definition) is 9. The van der Waals surface area contributed by atoms with E-state index in [0.29, 0.717) is 86.8 Å². The van der Waals surface area contributed by atoms with Crippen molar-refractivity contribution in [1.29, 1.82) is 0 Å². The molecule has 2 unspecified atom stereocenters. The van der Waals surface area contributed by atoms with Crippen molar-refractivity contribution in [2.75, 3.05) is 13.2 Å². The number of ether oxygens (including phenoxy) is 1. The summed E-state index contributed by atoms with van der Waals surface area (Å²) in [6.45, 7) is 23.3. The Kier molecular flexibility index (Phi) is 17.0. The second kappa shape index (κ2) is 22.6. The van der Waals surface area contributed by atoms with Crippen molar-refractivity contribution in [3.63, 3.8) is 0 Å². The zero-order chi connectivity index (χ0) is 51.0. The molecule has 0 spiro atoms. The largest absolute Gasteiger partial charge is 0.438 e. The Labute approximate surface area is 406 Å². The lowest BCUT2D eigenvalue weighted by atomic mass is 9.99. The molecule has 1 saturated carbocycles. The maximum Gasteiger partial charge on any atom is 0.438 e. The molecule has 3 aliphatic rings. The van der Waals surface area contributed by atoms with Crippen LogP contribution in [0.2, 0.25) is 0 Å². The lowest BCUT2D eigenvalue weighted by molar-refractivity contribution is -0.0511. The Balaban J connectivity index is 0.000000275. The highest BCUT2D eigenvalue weighted by Gasteiger charge is 2.37. The van der Waals surface area contributed by atoms with E-state index in [9.17, 15) is 18.8 Å². The standard InChI is InChI=1S/C33H27F2N9O2.C7H14O.C6H8N2O2.3C2H6/c1-18-13-21(14-19(2)28(18)34)44-31(43-12-11-42(33(43)46)27-7-6-26-22(29(27)35)16-37-40(26)3)23-17-41(10-8-24(23)39-44)32(45)25-15-20-5-4-9-36-30(20)38-25;1-7(2)5-3-4-6-8-7;1-3-2-4(3)5-7-6(9)10-8-5;3*1-2/h4-7,9,11-16H,8,10,17H2,1-3H3,(H,36,38);3-6H2,1-2H3;3-4H,2H2,1H3,(H,7,8,9);3*1-2H3. The summed E-state index contributed by atoms with van der Waals surface area (Å²) in [7, 11) is 1.72. The van der Waals surface area contributed by atoms with Crippen LogP contribution in [0, 0.1) is 31.4 Å². The first kappa shape index (κ1) is 52.4. The summed E-state index contributed by atoms with van der Waals surface area (Å²) < 4.78 is 46.0. The molecule has 11 rings (SSSR count). The number of halogens is 2. The number of carbonyl (C=O) groups is 1. The first-order valence-corrected chi connectivity index (χ1v) is 24.4. The molecular weight excluding hydrogens is 897 g/mol. The van der Waals surface area contributed by atoms with Gasteiger partial charge in [-0.1, -0.05) is 53.6 Å². The number of aromatic amines is 2. The number of nitrogens with zero attached hydrogens (tertiary/aromatic N) is 9. The molecule has 2 aromatic carbocycles. The highest BCUT2D eigenvalue weighted by Crippen LogP contribution is 2.44. The number of amides is 1. The van der Waals surface area contributed by atoms with Gasteiger partial charge in [-0.25, -0.2) is 28.0 Å². The van der Waals surface area contributed by atoms with Gasteiger partial charge in [0.15, 0.2) is 11.6 Å². The number of rotatable bonds is 5. The van der Waals surface area contributed by atoms with Crippen LogP contribution in [0.3, 0.4) is 0 Å². The van der Waals surface area contributed by atoms with Crippen LogP contribution in [0.25, 0.3) is 39.1 Å². The molecule has 2 fully saturated rings.